The van der Waals surface area contributed by atoms with Crippen LogP contribution in [0.25, 0.3) is 0 Å². The summed E-state index contributed by atoms with van der Waals surface area (Å²) < 4.78 is 0. The number of hydrogen-bond donors (Lipinski definition) is 1. The van der Waals surface area contributed by atoms with E-state index in [9.17, 15) is 4.79 Å². The number of amides is 1. The van der Waals surface area contributed by atoms with E-state index in [1.807, 2.05) is 24.8 Å². The fourth-order valence-corrected chi connectivity index (χ4v) is 3.74. The Morgan fingerprint density at radius 1 is 0.938 bits per heavy atom. The predicted octanol–water partition coefficient (Wildman–Crippen LogP) is 4.99. The molecule has 0 aliphatic carbocycles. The van der Waals surface area contributed by atoms with Gasteiger partial charge < -0.3 is 5.32 Å². The molecule has 5 heteroatoms. The van der Waals surface area contributed by atoms with E-state index in [2.05, 4.69) is 57.3 Å². The highest BCUT2D eigenvalue weighted by Crippen LogP contribution is 2.12. The second kappa shape index (κ2) is 16.0. The van der Waals surface area contributed by atoms with Gasteiger partial charge in [0.15, 0.2) is 0 Å². The molecule has 1 unspecified atom stereocenters. The molecule has 1 N–H and O–H groups in total. The van der Waals surface area contributed by atoms with Crippen molar-refractivity contribution >= 4 is 5.91 Å². The van der Waals surface area contributed by atoms with Gasteiger partial charge in [-0.1, -0.05) is 44.9 Å². The molecular weight excluding hydrogens is 396 g/mol. The standard InChI is InChI=1S/C27H38N4O/c1-3-5-8-11-26(4-2)27(32)30-16-9-6-7-10-21-31(22-24-12-17-28-18-13-24)23-25-14-19-29-20-15-25/h2,12-15,17-20,26H,3,5-11,16,21-23H2,1H3,(H,30,32). The topological polar surface area (TPSA) is 58.1 Å². The first-order valence-corrected chi connectivity index (χ1v) is 12.0. The number of aromatic nitrogens is 2. The van der Waals surface area contributed by atoms with Gasteiger partial charge in [-0.15, -0.1) is 6.42 Å². The second-order valence-electron chi connectivity index (χ2n) is 8.34. The number of nitrogens with zero attached hydrogens (tertiary/aromatic N) is 3. The summed E-state index contributed by atoms with van der Waals surface area (Å²) >= 11 is 0. The highest BCUT2D eigenvalue weighted by atomic mass is 16.1. The van der Waals surface area contributed by atoms with E-state index in [1.165, 1.54) is 11.1 Å². The first kappa shape index (κ1) is 25.5. The first-order valence-electron chi connectivity index (χ1n) is 12.0. The molecule has 0 bridgehead atoms. The van der Waals surface area contributed by atoms with Crippen molar-refractivity contribution in [3.05, 3.63) is 60.2 Å². The van der Waals surface area contributed by atoms with Gasteiger partial charge in [0.2, 0.25) is 5.91 Å². The first-order chi connectivity index (χ1) is 15.7. The van der Waals surface area contributed by atoms with Crippen molar-refractivity contribution in [3.8, 4) is 12.3 Å². The minimum atomic E-state index is -0.281. The molecule has 1 atom stereocenters. The summed E-state index contributed by atoms with van der Waals surface area (Å²) in [5.74, 6) is 2.39. The largest absolute Gasteiger partial charge is 0.355 e. The Bertz CT molecular complexity index is 747. The van der Waals surface area contributed by atoms with Gasteiger partial charge in [-0.05, 0) is 61.2 Å². The molecule has 2 aromatic rings. The van der Waals surface area contributed by atoms with Crippen LogP contribution in [0, 0.1) is 18.3 Å². The predicted molar refractivity (Wildman–Crippen MR) is 131 cm³/mol. The molecule has 172 valence electrons. The zero-order chi connectivity index (χ0) is 22.9. The Kier molecular flexibility index (Phi) is 12.8. The van der Waals surface area contributed by atoms with E-state index in [1.54, 1.807) is 0 Å². The third-order valence-corrected chi connectivity index (χ3v) is 5.63. The molecule has 0 radical (unpaired) electrons. The van der Waals surface area contributed by atoms with Gasteiger partial charge >= 0.3 is 0 Å². The molecule has 0 saturated heterocycles. The maximum atomic E-state index is 12.2. The van der Waals surface area contributed by atoms with Crippen LogP contribution in [0.1, 0.15) is 69.4 Å². The lowest BCUT2D eigenvalue weighted by atomic mass is 10.0. The third kappa shape index (κ3) is 10.5. The zero-order valence-electron chi connectivity index (χ0n) is 19.5. The van der Waals surface area contributed by atoms with Crippen LogP contribution in [0.15, 0.2) is 49.1 Å². The van der Waals surface area contributed by atoms with Crippen LogP contribution in [-0.2, 0) is 17.9 Å². The van der Waals surface area contributed by atoms with Crippen LogP contribution in [0.4, 0.5) is 0 Å². The SMILES string of the molecule is C#CC(CCCCC)C(=O)NCCCCCCN(Cc1ccncc1)Cc1ccncc1. The molecule has 5 nitrogen and oxygen atoms in total. The van der Waals surface area contributed by atoms with Crippen LogP contribution >= 0.6 is 0 Å². The molecule has 32 heavy (non-hydrogen) atoms. The Labute approximate surface area is 194 Å². The molecule has 0 aliphatic rings. The lowest BCUT2D eigenvalue weighted by Crippen LogP contribution is -2.30. The van der Waals surface area contributed by atoms with Gasteiger partial charge in [0.05, 0.1) is 5.92 Å². The molecule has 2 aromatic heterocycles. The summed E-state index contributed by atoms with van der Waals surface area (Å²) in [6, 6.07) is 8.31. The molecular formula is C27H38N4O. The van der Waals surface area contributed by atoms with Crippen molar-refractivity contribution in [3.63, 3.8) is 0 Å². The summed E-state index contributed by atoms with van der Waals surface area (Å²) in [4.78, 5) is 22.9. The van der Waals surface area contributed by atoms with Crippen molar-refractivity contribution in [2.24, 2.45) is 5.92 Å². The Morgan fingerprint density at radius 3 is 2.09 bits per heavy atom. The van der Waals surface area contributed by atoms with Gasteiger partial charge in [0.25, 0.3) is 0 Å². The van der Waals surface area contributed by atoms with Crippen LogP contribution < -0.4 is 5.32 Å². The smallest absolute Gasteiger partial charge is 0.235 e. The van der Waals surface area contributed by atoms with Gasteiger partial charge in [-0.2, -0.15) is 0 Å². The Morgan fingerprint density at radius 2 is 1.53 bits per heavy atom. The van der Waals surface area contributed by atoms with E-state index >= 15 is 0 Å². The number of pyridine rings is 2. The third-order valence-electron chi connectivity index (χ3n) is 5.63. The van der Waals surface area contributed by atoms with E-state index < -0.39 is 0 Å². The molecule has 1 amide bonds. The van der Waals surface area contributed by atoms with Crippen LogP contribution in [0.5, 0.6) is 0 Å². The highest BCUT2D eigenvalue weighted by molar-refractivity contribution is 5.81. The Balaban J connectivity index is 1.66. The van der Waals surface area contributed by atoms with Gasteiger partial charge in [-0.3, -0.25) is 19.7 Å². The fourth-order valence-electron chi connectivity index (χ4n) is 3.74. The number of carbonyl (C=O) groups is 1. The molecule has 0 spiro atoms. The molecule has 2 heterocycles. The summed E-state index contributed by atoms with van der Waals surface area (Å²) in [7, 11) is 0. The Hall–Kier alpha value is -2.71. The number of hydrogen-bond acceptors (Lipinski definition) is 4. The van der Waals surface area contributed by atoms with Crippen LogP contribution in [0.3, 0.4) is 0 Å². The average molecular weight is 435 g/mol. The minimum Gasteiger partial charge on any atom is -0.355 e. The summed E-state index contributed by atoms with van der Waals surface area (Å²) in [6.07, 6.45) is 21.4. The number of rotatable bonds is 16. The number of nitrogens with one attached hydrogen (secondary N) is 1. The molecule has 0 saturated carbocycles. The van der Waals surface area contributed by atoms with Crippen molar-refractivity contribution in [1.29, 1.82) is 0 Å². The van der Waals surface area contributed by atoms with E-state index in [4.69, 9.17) is 6.42 Å². The maximum Gasteiger partial charge on any atom is 0.235 e. The second-order valence-corrected chi connectivity index (χ2v) is 8.34. The quantitative estimate of drug-likeness (QED) is 0.299. The average Bonchev–Trinajstić information content (AvgIpc) is 2.82. The highest BCUT2D eigenvalue weighted by Gasteiger charge is 2.14. The van der Waals surface area contributed by atoms with Gasteiger partial charge in [-0.25, -0.2) is 0 Å². The summed E-state index contributed by atoms with van der Waals surface area (Å²) in [5.41, 5.74) is 2.55. The fraction of sp³-hybridized carbons (Fsp3) is 0.519. The lowest BCUT2D eigenvalue weighted by Gasteiger charge is -2.22. The molecule has 2 rings (SSSR count). The maximum absolute atomic E-state index is 12.2. The van der Waals surface area contributed by atoms with Crippen molar-refractivity contribution in [2.75, 3.05) is 13.1 Å². The van der Waals surface area contributed by atoms with E-state index in [-0.39, 0.29) is 11.8 Å². The normalized spacial score (nSPS) is 11.8. The summed E-state index contributed by atoms with van der Waals surface area (Å²) in [5, 5.41) is 3.02. The van der Waals surface area contributed by atoms with E-state index in [0.717, 1.165) is 71.0 Å². The van der Waals surface area contributed by atoms with Gasteiger partial charge in [0.1, 0.15) is 0 Å². The van der Waals surface area contributed by atoms with Gasteiger partial charge in [0, 0.05) is 44.4 Å². The van der Waals surface area contributed by atoms with Crippen molar-refractivity contribution < 1.29 is 4.79 Å². The zero-order valence-corrected chi connectivity index (χ0v) is 19.5. The molecule has 0 aliphatic heterocycles. The van der Waals surface area contributed by atoms with E-state index in [0.29, 0.717) is 6.54 Å². The monoisotopic (exact) mass is 434 g/mol. The number of terminal acetylenes is 1. The number of carbonyl (C=O) groups excluding carboxylic acids is 1. The lowest BCUT2D eigenvalue weighted by molar-refractivity contribution is -0.123. The minimum absolute atomic E-state index is 0.0180. The van der Waals surface area contributed by atoms with Crippen molar-refractivity contribution in [1.82, 2.24) is 20.2 Å². The van der Waals surface area contributed by atoms with Crippen LogP contribution in [-0.4, -0.2) is 33.9 Å². The number of unbranched alkanes of at least 4 members (excludes halogenated alkanes) is 5. The molecule has 0 aromatic carbocycles. The van der Waals surface area contributed by atoms with Crippen LogP contribution in [0.2, 0.25) is 0 Å². The molecule has 0 fully saturated rings. The summed E-state index contributed by atoms with van der Waals surface area (Å²) in [6.45, 7) is 5.72. The van der Waals surface area contributed by atoms with Crippen molar-refractivity contribution in [2.45, 2.75) is 71.4 Å².